The highest BCUT2D eigenvalue weighted by atomic mass is 16.5. The van der Waals surface area contributed by atoms with Crippen molar-refractivity contribution in [1.29, 1.82) is 0 Å². The van der Waals surface area contributed by atoms with Gasteiger partial charge in [0, 0.05) is 25.5 Å². The SMILES string of the molecule is COc1ccc(C(=O)OCC(=O)Nc2ccc(N(C)C)cc2)c(OC)c1OC. The Bertz CT molecular complexity index is 833. The van der Waals surface area contributed by atoms with Gasteiger partial charge in [0.2, 0.25) is 5.75 Å². The standard InChI is InChI=1S/C20H24N2O6/c1-22(2)14-8-6-13(7-9-14)21-17(23)12-28-20(24)15-10-11-16(25-3)19(27-5)18(15)26-4/h6-11H,12H2,1-5H3,(H,21,23). The van der Waals surface area contributed by atoms with E-state index in [0.717, 1.165) is 5.69 Å². The fourth-order valence-corrected chi connectivity index (χ4v) is 2.51. The zero-order valence-electron chi connectivity index (χ0n) is 16.6. The molecule has 0 heterocycles. The molecule has 0 unspecified atom stereocenters. The smallest absolute Gasteiger partial charge is 0.342 e. The second-order valence-corrected chi connectivity index (χ2v) is 5.95. The average molecular weight is 388 g/mol. The number of hydrogen-bond acceptors (Lipinski definition) is 7. The van der Waals surface area contributed by atoms with Crippen LogP contribution in [0.5, 0.6) is 17.2 Å². The summed E-state index contributed by atoms with van der Waals surface area (Å²) in [5.41, 5.74) is 1.74. The van der Waals surface area contributed by atoms with Crippen molar-refractivity contribution in [3.05, 3.63) is 42.0 Å². The lowest BCUT2D eigenvalue weighted by Gasteiger charge is -2.15. The lowest BCUT2D eigenvalue weighted by molar-refractivity contribution is -0.119. The number of esters is 1. The van der Waals surface area contributed by atoms with E-state index in [1.54, 1.807) is 18.2 Å². The number of nitrogens with zero attached hydrogens (tertiary/aromatic N) is 1. The second kappa shape index (κ2) is 9.50. The van der Waals surface area contributed by atoms with Crippen molar-refractivity contribution in [2.45, 2.75) is 0 Å². The molecule has 0 spiro atoms. The van der Waals surface area contributed by atoms with Gasteiger partial charge >= 0.3 is 5.97 Å². The Kier molecular flexibility index (Phi) is 7.08. The van der Waals surface area contributed by atoms with Gasteiger partial charge in [-0.3, -0.25) is 4.79 Å². The highest BCUT2D eigenvalue weighted by molar-refractivity contribution is 5.97. The normalized spacial score (nSPS) is 10.0. The summed E-state index contributed by atoms with van der Waals surface area (Å²) in [4.78, 5) is 26.4. The van der Waals surface area contributed by atoms with Gasteiger partial charge in [0.25, 0.3) is 5.91 Å². The van der Waals surface area contributed by atoms with Crippen LogP contribution in [0.1, 0.15) is 10.4 Å². The second-order valence-electron chi connectivity index (χ2n) is 5.95. The van der Waals surface area contributed by atoms with Crippen molar-refractivity contribution in [2.24, 2.45) is 0 Å². The zero-order valence-corrected chi connectivity index (χ0v) is 16.6. The van der Waals surface area contributed by atoms with E-state index < -0.39 is 18.5 Å². The number of hydrogen-bond donors (Lipinski definition) is 1. The van der Waals surface area contributed by atoms with Crippen LogP contribution < -0.4 is 24.4 Å². The number of nitrogens with one attached hydrogen (secondary N) is 1. The van der Waals surface area contributed by atoms with Crippen molar-refractivity contribution >= 4 is 23.3 Å². The van der Waals surface area contributed by atoms with Crippen LogP contribution in [0, 0.1) is 0 Å². The van der Waals surface area contributed by atoms with Gasteiger partial charge in [-0.05, 0) is 36.4 Å². The molecule has 2 rings (SSSR count). The molecule has 0 aliphatic carbocycles. The molecule has 0 atom stereocenters. The van der Waals surface area contributed by atoms with Gasteiger partial charge < -0.3 is 29.2 Å². The average Bonchev–Trinajstić information content (AvgIpc) is 2.70. The van der Waals surface area contributed by atoms with Crippen LogP contribution in [0.3, 0.4) is 0 Å². The third-order valence-electron chi connectivity index (χ3n) is 3.93. The Morgan fingerprint density at radius 2 is 1.54 bits per heavy atom. The first-order valence-electron chi connectivity index (χ1n) is 8.44. The van der Waals surface area contributed by atoms with Gasteiger partial charge in [0.15, 0.2) is 18.1 Å². The first-order valence-corrected chi connectivity index (χ1v) is 8.44. The fourth-order valence-electron chi connectivity index (χ4n) is 2.51. The molecule has 8 heteroatoms. The van der Waals surface area contributed by atoms with Crippen LogP contribution in [-0.4, -0.2) is 53.9 Å². The number of methoxy groups -OCH3 is 3. The molecule has 1 N–H and O–H groups in total. The van der Waals surface area contributed by atoms with E-state index in [9.17, 15) is 9.59 Å². The van der Waals surface area contributed by atoms with Crippen molar-refractivity contribution < 1.29 is 28.5 Å². The molecule has 150 valence electrons. The highest BCUT2D eigenvalue weighted by Crippen LogP contribution is 2.39. The molecule has 28 heavy (non-hydrogen) atoms. The summed E-state index contributed by atoms with van der Waals surface area (Å²) in [6.45, 7) is -0.439. The molecule has 2 aromatic rings. The summed E-state index contributed by atoms with van der Waals surface area (Å²) in [6, 6.07) is 10.3. The van der Waals surface area contributed by atoms with Crippen molar-refractivity contribution in [2.75, 3.05) is 52.2 Å². The van der Waals surface area contributed by atoms with Gasteiger partial charge in [-0.2, -0.15) is 0 Å². The predicted octanol–water partition coefficient (Wildman–Crippen LogP) is 2.57. The van der Waals surface area contributed by atoms with Crippen LogP contribution in [0.15, 0.2) is 36.4 Å². The molecular weight excluding hydrogens is 364 g/mol. The summed E-state index contributed by atoms with van der Waals surface area (Å²) >= 11 is 0. The van der Waals surface area contributed by atoms with Crippen molar-refractivity contribution in [1.82, 2.24) is 0 Å². The maximum absolute atomic E-state index is 12.4. The molecule has 0 radical (unpaired) electrons. The fraction of sp³-hybridized carbons (Fsp3) is 0.300. The Hall–Kier alpha value is -3.42. The lowest BCUT2D eigenvalue weighted by atomic mass is 10.1. The Labute approximate surface area is 163 Å². The lowest BCUT2D eigenvalue weighted by Crippen LogP contribution is -2.21. The summed E-state index contributed by atoms with van der Waals surface area (Å²) < 4.78 is 20.8. The zero-order chi connectivity index (χ0) is 20.7. The number of benzene rings is 2. The number of carbonyl (C=O) groups excluding carboxylic acids is 2. The molecule has 0 fully saturated rings. The maximum Gasteiger partial charge on any atom is 0.342 e. The minimum atomic E-state index is -0.712. The third-order valence-corrected chi connectivity index (χ3v) is 3.93. The Morgan fingerprint density at radius 3 is 2.07 bits per heavy atom. The van der Waals surface area contributed by atoms with E-state index in [1.807, 2.05) is 31.1 Å². The van der Waals surface area contributed by atoms with Crippen LogP contribution in [0.25, 0.3) is 0 Å². The molecule has 1 amide bonds. The quantitative estimate of drug-likeness (QED) is 0.696. The van der Waals surface area contributed by atoms with Gasteiger partial charge in [-0.1, -0.05) is 0 Å². The molecule has 8 nitrogen and oxygen atoms in total. The first-order chi connectivity index (χ1) is 13.4. The Balaban J connectivity index is 2.02. The first kappa shape index (κ1) is 20.9. The minimum Gasteiger partial charge on any atom is -0.493 e. The van der Waals surface area contributed by atoms with Crippen LogP contribution >= 0.6 is 0 Å². The Morgan fingerprint density at radius 1 is 0.893 bits per heavy atom. The number of anilines is 2. The summed E-state index contributed by atoms with van der Waals surface area (Å²) in [7, 11) is 8.17. The van der Waals surface area contributed by atoms with Crippen molar-refractivity contribution in [3.63, 3.8) is 0 Å². The molecule has 0 saturated heterocycles. The van der Waals surface area contributed by atoms with Gasteiger partial charge in [0.05, 0.1) is 21.3 Å². The van der Waals surface area contributed by atoms with E-state index in [4.69, 9.17) is 18.9 Å². The predicted molar refractivity (Wildman–Crippen MR) is 106 cm³/mol. The number of ether oxygens (including phenoxy) is 4. The number of rotatable bonds is 8. The van der Waals surface area contributed by atoms with Crippen LogP contribution in [0.4, 0.5) is 11.4 Å². The van der Waals surface area contributed by atoms with Crippen LogP contribution in [0.2, 0.25) is 0 Å². The largest absolute Gasteiger partial charge is 0.493 e. The minimum absolute atomic E-state index is 0.128. The van der Waals surface area contributed by atoms with E-state index in [1.165, 1.54) is 27.4 Å². The molecule has 0 aromatic heterocycles. The number of carbonyl (C=O) groups is 2. The molecule has 0 bridgehead atoms. The van der Waals surface area contributed by atoms with Crippen molar-refractivity contribution in [3.8, 4) is 17.2 Å². The van der Waals surface area contributed by atoms with Gasteiger partial charge in [-0.15, -0.1) is 0 Å². The molecule has 0 aliphatic rings. The summed E-state index contributed by atoms with van der Waals surface area (Å²) in [6.07, 6.45) is 0. The van der Waals surface area contributed by atoms with E-state index in [0.29, 0.717) is 11.4 Å². The molecular formula is C20H24N2O6. The maximum atomic E-state index is 12.4. The summed E-state index contributed by atoms with van der Waals surface area (Å²) in [5.74, 6) is -0.312. The van der Waals surface area contributed by atoms with E-state index in [2.05, 4.69) is 5.32 Å². The molecule has 0 aliphatic heterocycles. The van der Waals surface area contributed by atoms with Crippen LogP contribution in [-0.2, 0) is 9.53 Å². The van der Waals surface area contributed by atoms with E-state index in [-0.39, 0.29) is 17.1 Å². The summed E-state index contributed by atoms with van der Waals surface area (Å²) in [5, 5.41) is 2.67. The monoisotopic (exact) mass is 388 g/mol. The third kappa shape index (κ3) is 4.85. The number of amides is 1. The van der Waals surface area contributed by atoms with Gasteiger partial charge in [-0.25, -0.2) is 4.79 Å². The topological polar surface area (TPSA) is 86.3 Å². The van der Waals surface area contributed by atoms with Gasteiger partial charge in [0.1, 0.15) is 5.56 Å². The molecule has 0 saturated carbocycles. The molecule has 2 aromatic carbocycles. The van der Waals surface area contributed by atoms with E-state index >= 15 is 0 Å². The highest BCUT2D eigenvalue weighted by Gasteiger charge is 2.22.